The third-order valence-corrected chi connectivity index (χ3v) is 6.18. The zero-order chi connectivity index (χ0) is 16.1. The molecule has 0 heterocycles. The van der Waals surface area contributed by atoms with E-state index in [2.05, 4.69) is 5.32 Å². The lowest BCUT2D eigenvalue weighted by Crippen LogP contribution is -2.58. The average molecular weight is 306 g/mol. The second kappa shape index (κ2) is 5.54. The molecular weight excluding hydrogens is 276 g/mol. The number of nitrogens with one attached hydrogen (secondary N) is 1. The topological polar surface area (TPSA) is 49.4 Å². The van der Waals surface area contributed by atoms with Gasteiger partial charge in [-0.15, -0.1) is 0 Å². The van der Waals surface area contributed by atoms with E-state index in [4.69, 9.17) is 0 Å². The van der Waals surface area contributed by atoms with Gasteiger partial charge in [0, 0.05) is 19.5 Å². The van der Waals surface area contributed by atoms with Crippen LogP contribution >= 0.6 is 0 Å². The fourth-order valence-corrected chi connectivity index (χ4v) is 5.47. The number of likely N-dealkylation sites (N-methyl/N-ethyl adjacent to an activating group) is 1. The minimum absolute atomic E-state index is 0.00748. The predicted molar refractivity (Wildman–Crippen MR) is 86.1 cm³/mol. The molecule has 4 aliphatic carbocycles. The van der Waals surface area contributed by atoms with Crippen LogP contribution in [0.25, 0.3) is 0 Å². The Morgan fingerprint density at radius 3 is 1.82 bits per heavy atom. The number of hydrogen-bond acceptors (Lipinski definition) is 2. The van der Waals surface area contributed by atoms with Gasteiger partial charge in [0.2, 0.25) is 11.8 Å². The van der Waals surface area contributed by atoms with Gasteiger partial charge in [0.25, 0.3) is 0 Å². The molecule has 4 bridgehead atoms. The average Bonchev–Trinajstić information content (AvgIpc) is 2.41. The predicted octanol–water partition coefficient (Wildman–Crippen LogP) is 2.43. The van der Waals surface area contributed by atoms with E-state index in [1.807, 2.05) is 13.8 Å². The summed E-state index contributed by atoms with van der Waals surface area (Å²) in [7, 11) is 3.52. The van der Waals surface area contributed by atoms with Crippen molar-refractivity contribution in [1.29, 1.82) is 0 Å². The SMILES string of the molecule is CC(C)C(NC(=O)C12CC3CC(CC(C3)C1)C2)C(=O)N(C)C. The van der Waals surface area contributed by atoms with Gasteiger partial charge in [0.05, 0.1) is 0 Å². The molecule has 2 amide bonds. The number of carbonyl (C=O) groups excluding carboxylic acids is 2. The zero-order valence-electron chi connectivity index (χ0n) is 14.4. The molecular formula is C18H30N2O2. The molecule has 0 spiro atoms. The van der Waals surface area contributed by atoms with Crippen LogP contribution in [0.5, 0.6) is 0 Å². The largest absolute Gasteiger partial charge is 0.347 e. The molecule has 0 radical (unpaired) electrons. The molecule has 0 aromatic carbocycles. The Hall–Kier alpha value is -1.06. The van der Waals surface area contributed by atoms with Gasteiger partial charge in [-0.3, -0.25) is 9.59 Å². The zero-order valence-corrected chi connectivity index (χ0v) is 14.4. The third-order valence-electron chi connectivity index (χ3n) is 6.18. The van der Waals surface area contributed by atoms with Crippen molar-refractivity contribution in [3.05, 3.63) is 0 Å². The van der Waals surface area contributed by atoms with Crippen LogP contribution in [0, 0.1) is 29.1 Å². The minimum Gasteiger partial charge on any atom is -0.347 e. The minimum atomic E-state index is -0.393. The van der Waals surface area contributed by atoms with Gasteiger partial charge in [-0.05, 0) is 62.2 Å². The summed E-state index contributed by atoms with van der Waals surface area (Å²) in [6.07, 6.45) is 7.13. The van der Waals surface area contributed by atoms with Gasteiger partial charge in [-0.2, -0.15) is 0 Å². The highest BCUT2D eigenvalue weighted by molar-refractivity contribution is 5.90. The van der Waals surface area contributed by atoms with E-state index in [1.165, 1.54) is 19.3 Å². The first-order valence-corrected chi connectivity index (χ1v) is 8.83. The number of nitrogens with zero attached hydrogens (tertiary/aromatic N) is 1. The molecule has 4 nitrogen and oxygen atoms in total. The monoisotopic (exact) mass is 306 g/mol. The van der Waals surface area contributed by atoms with Gasteiger partial charge >= 0.3 is 0 Å². The Bertz CT molecular complexity index is 434. The van der Waals surface area contributed by atoms with E-state index in [1.54, 1.807) is 19.0 Å². The summed E-state index contributed by atoms with van der Waals surface area (Å²) < 4.78 is 0. The Kier molecular flexibility index (Phi) is 3.98. The van der Waals surface area contributed by atoms with Crippen LogP contribution in [0.1, 0.15) is 52.4 Å². The van der Waals surface area contributed by atoms with Gasteiger partial charge in [0.1, 0.15) is 6.04 Å². The van der Waals surface area contributed by atoms with E-state index in [9.17, 15) is 9.59 Å². The first-order valence-electron chi connectivity index (χ1n) is 8.83. The second-order valence-corrected chi connectivity index (χ2v) is 8.63. The van der Waals surface area contributed by atoms with Crippen LogP contribution in [-0.4, -0.2) is 36.9 Å². The molecule has 124 valence electrons. The molecule has 4 saturated carbocycles. The molecule has 0 aromatic heterocycles. The summed E-state index contributed by atoms with van der Waals surface area (Å²) >= 11 is 0. The maximum Gasteiger partial charge on any atom is 0.244 e. The van der Waals surface area contributed by atoms with Crippen molar-refractivity contribution in [2.75, 3.05) is 14.1 Å². The van der Waals surface area contributed by atoms with Crippen molar-refractivity contribution in [3.63, 3.8) is 0 Å². The fourth-order valence-electron chi connectivity index (χ4n) is 5.47. The molecule has 4 fully saturated rings. The first-order chi connectivity index (χ1) is 10.3. The van der Waals surface area contributed by atoms with E-state index >= 15 is 0 Å². The molecule has 4 heteroatoms. The van der Waals surface area contributed by atoms with E-state index in [0.29, 0.717) is 0 Å². The lowest BCUT2D eigenvalue weighted by Gasteiger charge is -2.55. The Labute approximate surface area is 134 Å². The van der Waals surface area contributed by atoms with Crippen molar-refractivity contribution in [2.24, 2.45) is 29.1 Å². The van der Waals surface area contributed by atoms with Gasteiger partial charge < -0.3 is 10.2 Å². The van der Waals surface area contributed by atoms with E-state index < -0.39 is 6.04 Å². The standard InChI is InChI=1S/C18H30N2O2/c1-11(2)15(16(21)20(3)4)19-17(22)18-8-12-5-13(9-18)7-14(6-12)10-18/h11-15H,5-10H2,1-4H3,(H,19,22). The first kappa shape index (κ1) is 15.8. The Morgan fingerprint density at radius 2 is 1.45 bits per heavy atom. The molecule has 4 aliphatic rings. The summed E-state index contributed by atoms with van der Waals surface area (Å²) in [4.78, 5) is 27.0. The van der Waals surface area contributed by atoms with Crippen LogP contribution in [0.15, 0.2) is 0 Å². The molecule has 0 aromatic rings. The number of rotatable bonds is 4. The molecule has 0 aliphatic heterocycles. The highest BCUT2D eigenvalue weighted by Crippen LogP contribution is 2.60. The summed E-state index contributed by atoms with van der Waals surface area (Å²) in [6.45, 7) is 4.01. The van der Waals surface area contributed by atoms with Crippen LogP contribution in [-0.2, 0) is 9.59 Å². The summed E-state index contributed by atoms with van der Waals surface area (Å²) in [5, 5.41) is 3.12. The van der Waals surface area contributed by atoms with Crippen molar-refractivity contribution < 1.29 is 9.59 Å². The molecule has 0 saturated heterocycles. The normalized spacial score (nSPS) is 37.2. The highest BCUT2D eigenvalue weighted by Gasteiger charge is 2.55. The number of amides is 2. The molecule has 4 rings (SSSR count). The van der Waals surface area contributed by atoms with Crippen LogP contribution < -0.4 is 5.32 Å². The van der Waals surface area contributed by atoms with Crippen molar-refractivity contribution in [3.8, 4) is 0 Å². The maximum atomic E-state index is 13.1. The van der Waals surface area contributed by atoms with Crippen molar-refractivity contribution in [1.82, 2.24) is 10.2 Å². The van der Waals surface area contributed by atoms with Gasteiger partial charge in [-0.25, -0.2) is 0 Å². The number of carbonyl (C=O) groups is 2. The lowest BCUT2D eigenvalue weighted by molar-refractivity contribution is -0.150. The number of hydrogen-bond donors (Lipinski definition) is 1. The molecule has 1 N–H and O–H groups in total. The van der Waals surface area contributed by atoms with Crippen molar-refractivity contribution in [2.45, 2.75) is 58.4 Å². The summed E-state index contributed by atoms with van der Waals surface area (Å²) in [6, 6.07) is -0.393. The quantitative estimate of drug-likeness (QED) is 0.867. The summed E-state index contributed by atoms with van der Waals surface area (Å²) in [5.74, 6) is 2.53. The fraction of sp³-hybridized carbons (Fsp3) is 0.889. The third kappa shape index (κ3) is 2.65. The smallest absolute Gasteiger partial charge is 0.244 e. The summed E-state index contributed by atoms with van der Waals surface area (Å²) in [5.41, 5.74) is -0.172. The Balaban J connectivity index is 1.74. The van der Waals surface area contributed by atoms with Crippen LogP contribution in [0.4, 0.5) is 0 Å². The van der Waals surface area contributed by atoms with E-state index in [0.717, 1.165) is 37.0 Å². The van der Waals surface area contributed by atoms with Crippen LogP contribution in [0.2, 0.25) is 0 Å². The second-order valence-electron chi connectivity index (χ2n) is 8.63. The van der Waals surface area contributed by atoms with Crippen LogP contribution in [0.3, 0.4) is 0 Å². The lowest BCUT2D eigenvalue weighted by atomic mass is 9.49. The molecule has 1 atom stereocenters. The van der Waals surface area contributed by atoms with Crippen molar-refractivity contribution >= 4 is 11.8 Å². The van der Waals surface area contributed by atoms with Gasteiger partial charge in [0.15, 0.2) is 0 Å². The van der Waals surface area contributed by atoms with Gasteiger partial charge in [-0.1, -0.05) is 13.8 Å². The molecule has 1 unspecified atom stereocenters. The molecule has 22 heavy (non-hydrogen) atoms. The highest BCUT2D eigenvalue weighted by atomic mass is 16.2. The van der Waals surface area contributed by atoms with E-state index in [-0.39, 0.29) is 23.1 Å². The maximum absolute atomic E-state index is 13.1. The Morgan fingerprint density at radius 1 is 1.00 bits per heavy atom.